The number of thioether (sulfide) groups is 1. The SMILES string of the molecule is CCSc1ccc(Cl)cc1NC(=O)N[C@H](C)CCO. The number of benzene rings is 1. The molecule has 0 aliphatic carbocycles. The second-order valence-corrected chi connectivity index (χ2v) is 5.83. The van der Waals surface area contributed by atoms with Gasteiger partial charge in [-0.1, -0.05) is 18.5 Å². The molecule has 1 atom stereocenters. The van der Waals surface area contributed by atoms with E-state index < -0.39 is 0 Å². The Morgan fingerprint density at radius 3 is 2.89 bits per heavy atom. The van der Waals surface area contributed by atoms with Gasteiger partial charge < -0.3 is 15.7 Å². The third-order valence-electron chi connectivity index (χ3n) is 2.43. The molecule has 0 spiro atoms. The molecule has 0 unspecified atom stereocenters. The van der Waals surface area contributed by atoms with E-state index in [0.717, 1.165) is 10.6 Å². The van der Waals surface area contributed by atoms with Gasteiger partial charge in [0.05, 0.1) is 5.69 Å². The van der Waals surface area contributed by atoms with Crippen LogP contribution in [0, 0.1) is 0 Å². The summed E-state index contributed by atoms with van der Waals surface area (Å²) >= 11 is 7.58. The number of aliphatic hydroxyl groups is 1. The molecule has 19 heavy (non-hydrogen) atoms. The topological polar surface area (TPSA) is 61.4 Å². The van der Waals surface area contributed by atoms with Crippen molar-refractivity contribution in [3.8, 4) is 0 Å². The van der Waals surface area contributed by atoms with Crippen LogP contribution in [0.15, 0.2) is 23.1 Å². The van der Waals surface area contributed by atoms with E-state index in [1.54, 1.807) is 23.9 Å². The number of hydrogen-bond donors (Lipinski definition) is 3. The summed E-state index contributed by atoms with van der Waals surface area (Å²) in [7, 11) is 0. The van der Waals surface area contributed by atoms with Crippen LogP contribution in [-0.4, -0.2) is 29.5 Å². The molecule has 0 saturated heterocycles. The van der Waals surface area contributed by atoms with Crippen molar-refractivity contribution in [3.63, 3.8) is 0 Å². The van der Waals surface area contributed by atoms with Gasteiger partial charge in [0.2, 0.25) is 0 Å². The van der Waals surface area contributed by atoms with E-state index in [4.69, 9.17) is 16.7 Å². The fourth-order valence-corrected chi connectivity index (χ4v) is 2.44. The Bertz CT molecular complexity index is 429. The standard InChI is InChI=1S/C13H19ClN2O2S/c1-3-19-12-5-4-10(14)8-11(12)16-13(18)15-9(2)6-7-17/h4-5,8-9,17H,3,6-7H2,1-2H3,(H2,15,16,18)/t9-/m1/s1. The summed E-state index contributed by atoms with van der Waals surface area (Å²) in [5.41, 5.74) is 0.702. The predicted molar refractivity (Wildman–Crippen MR) is 81.2 cm³/mol. The number of halogens is 1. The molecule has 3 N–H and O–H groups in total. The van der Waals surface area contributed by atoms with Gasteiger partial charge in [0.15, 0.2) is 0 Å². The number of urea groups is 1. The van der Waals surface area contributed by atoms with Crippen molar-refractivity contribution < 1.29 is 9.90 Å². The predicted octanol–water partition coefficient (Wildman–Crippen LogP) is 3.34. The van der Waals surface area contributed by atoms with E-state index in [2.05, 4.69) is 10.6 Å². The molecule has 1 rings (SSSR count). The van der Waals surface area contributed by atoms with Crippen LogP contribution in [0.5, 0.6) is 0 Å². The lowest BCUT2D eigenvalue weighted by Crippen LogP contribution is -2.36. The van der Waals surface area contributed by atoms with Gasteiger partial charge in [-0.15, -0.1) is 11.8 Å². The fraction of sp³-hybridized carbons (Fsp3) is 0.462. The van der Waals surface area contributed by atoms with E-state index in [1.807, 2.05) is 19.9 Å². The van der Waals surface area contributed by atoms with Crippen LogP contribution in [0.25, 0.3) is 0 Å². The molecule has 0 aliphatic heterocycles. The maximum absolute atomic E-state index is 11.8. The van der Waals surface area contributed by atoms with Crippen molar-refractivity contribution in [1.82, 2.24) is 5.32 Å². The third-order valence-corrected chi connectivity index (χ3v) is 3.62. The minimum absolute atomic E-state index is 0.0511. The second-order valence-electron chi connectivity index (χ2n) is 4.09. The van der Waals surface area contributed by atoms with Crippen molar-refractivity contribution in [3.05, 3.63) is 23.2 Å². The Morgan fingerprint density at radius 1 is 1.53 bits per heavy atom. The average Bonchev–Trinajstić information content (AvgIpc) is 2.32. The smallest absolute Gasteiger partial charge is 0.319 e. The normalized spacial score (nSPS) is 12.0. The number of hydrogen-bond acceptors (Lipinski definition) is 3. The first-order valence-electron chi connectivity index (χ1n) is 6.17. The van der Waals surface area contributed by atoms with Crippen LogP contribution in [0.2, 0.25) is 5.02 Å². The molecule has 4 nitrogen and oxygen atoms in total. The lowest BCUT2D eigenvalue weighted by molar-refractivity contribution is 0.241. The van der Waals surface area contributed by atoms with Gasteiger partial charge >= 0.3 is 6.03 Å². The van der Waals surface area contributed by atoms with Crippen LogP contribution in [-0.2, 0) is 0 Å². The highest BCUT2D eigenvalue weighted by Crippen LogP contribution is 2.29. The molecule has 0 aromatic heterocycles. The summed E-state index contributed by atoms with van der Waals surface area (Å²) in [6.45, 7) is 3.94. The zero-order valence-electron chi connectivity index (χ0n) is 11.1. The van der Waals surface area contributed by atoms with Crippen LogP contribution in [0.3, 0.4) is 0 Å². The number of rotatable bonds is 6. The van der Waals surface area contributed by atoms with Crippen molar-refractivity contribution >= 4 is 35.1 Å². The highest BCUT2D eigenvalue weighted by molar-refractivity contribution is 7.99. The Morgan fingerprint density at radius 2 is 2.26 bits per heavy atom. The highest BCUT2D eigenvalue weighted by atomic mass is 35.5. The lowest BCUT2D eigenvalue weighted by atomic mass is 10.2. The summed E-state index contributed by atoms with van der Waals surface area (Å²) < 4.78 is 0. The monoisotopic (exact) mass is 302 g/mol. The molecule has 2 amide bonds. The van der Waals surface area contributed by atoms with E-state index in [1.165, 1.54) is 0 Å². The van der Waals surface area contributed by atoms with Crippen molar-refractivity contribution in [2.75, 3.05) is 17.7 Å². The number of nitrogens with one attached hydrogen (secondary N) is 2. The Hall–Kier alpha value is -0.910. The molecule has 106 valence electrons. The summed E-state index contributed by atoms with van der Waals surface area (Å²) in [4.78, 5) is 12.8. The molecule has 0 fully saturated rings. The molecular formula is C13H19ClN2O2S. The molecule has 0 radical (unpaired) electrons. The fourth-order valence-electron chi connectivity index (χ4n) is 1.53. The Labute approximate surface area is 122 Å². The molecule has 0 saturated carbocycles. The van der Waals surface area contributed by atoms with E-state index in [-0.39, 0.29) is 18.7 Å². The average molecular weight is 303 g/mol. The molecule has 1 aromatic rings. The zero-order valence-corrected chi connectivity index (χ0v) is 12.6. The Balaban J connectivity index is 2.69. The molecule has 0 aliphatic rings. The summed E-state index contributed by atoms with van der Waals surface area (Å²) in [6, 6.07) is 5.06. The van der Waals surface area contributed by atoms with E-state index in [9.17, 15) is 4.79 Å². The first-order chi connectivity index (χ1) is 9.06. The molecule has 6 heteroatoms. The van der Waals surface area contributed by atoms with E-state index >= 15 is 0 Å². The van der Waals surface area contributed by atoms with Gasteiger partial charge in [0.25, 0.3) is 0 Å². The Kier molecular flexibility index (Phi) is 7.05. The second kappa shape index (κ2) is 8.30. The number of carbonyl (C=O) groups is 1. The van der Waals surface area contributed by atoms with Gasteiger partial charge in [-0.3, -0.25) is 0 Å². The maximum atomic E-state index is 11.8. The van der Waals surface area contributed by atoms with Gasteiger partial charge in [0.1, 0.15) is 0 Å². The minimum atomic E-state index is -0.291. The van der Waals surface area contributed by atoms with Crippen molar-refractivity contribution in [2.24, 2.45) is 0 Å². The largest absolute Gasteiger partial charge is 0.396 e. The summed E-state index contributed by atoms with van der Waals surface area (Å²) in [5, 5.41) is 14.9. The quantitative estimate of drug-likeness (QED) is 0.706. The first-order valence-corrected chi connectivity index (χ1v) is 7.54. The number of carbonyl (C=O) groups excluding carboxylic acids is 1. The van der Waals surface area contributed by atoms with Crippen LogP contribution in [0.1, 0.15) is 20.3 Å². The van der Waals surface area contributed by atoms with Crippen LogP contribution in [0.4, 0.5) is 10.5 Å². The highest BCUT2D eigenvalue weighted by Gasteiger charge is 2.10. The number of aliphatic hydroxyl groups excluding tert-OH is 1. The van der Waals surface area contributed by atoms with Gasteiger partial charge in [-0.05, 0) is 37.3 Å². The molecule has 1 aromatic carbocycles. The van der Waals surface area contributed by atoms with Gasteiger partial charge in [0, 0.05) is 22.6 Å². The third kappa shape index (κ3) is 5.72. The van der Waals surface area contributed by atoms with Crippen molar-refractivity contribution in [1.29, 1.82) is 0 Å². The van der Waals surface area contributed by atoms with Crippen molar-refractivity contribution in [2.45, 2.75) is 31.2 Å². The number of anilines is 1. The molecular weight excluding hydrogens is 284 g/mol. The molecule has 0 heterocycles. The first kappa shape index (κ1) is 16.1. The summed E-state index contributed by atoms with van der Waals surface area (Å²) in [6.07, 6.45) is 0.527. The lowest BCUT2D eigenvalue weighted by Gasteiger charge is -2.15. The zero-order chi connectivity index (χ0) is 14.3. The molecule has 0 bridgehead atoms. The summed E-state index contributed by atoms with van der Waals surface area (Å²) in [5.74, 6) is 0.916. The number of amides is 2. The van der Waals surface area contributed by atoms with E-state index in [0.29, 0.717) is 17.1 Å². The van der Waals surface area contributed by atoms with Gasteiger partial charge in [-0.2, -0.15) is 0 Å². The van der Waals surface area contributed by atoms with Crippen LogP contribution >= 0.6 is 23.4 Å². The van der Waals surface area contributed by atoms with Crippen LogP contribution < -0.4 is 10.6 Å². The maximum Gasteiger partial charge on any atom is 0.319 e. The van der Waals surface area contributed by atoms with Gasteiger partial charge in [-0.25, -0.2) is 4.79 Å². The minimum Gasteiger partial charge on any atom is -0.396 e.